The number of hydrogen-bond donors (Lipinski definition) is 2. The van der Waals surface area contributed by atoms with Crippen LogP contribution in [0.4, 0.5) is 5.69 Å². The van der Waals surface area contributed by atoms with Crippen molar-refractivity contribution in [3.63, 3.8) is 0 Å². The van der Waals surface area contributed by atoms with Crippen molar-refractivity contribution in [1.29, 1.82) is 0 Å². The minimum atomic E-state index is -0.946. The number of nitrogens with one attached hydrogen (secondary N) is 1. The minimum Gasteiger partial charge on any atom is -0.389 e. The van der Waals surface area contributed by atoms with E-state index in [1.54, 1.807) is 26.2 Å². The number of amides is 1. The van der Waals surface area contributed by atoms with Gasteiger partial charge in [0.2, 0.25) is 0 Å². The van der Waals surface area contributed by atoms with Gasteiger partial charge in [-0.15, -0.1) is 0 Å². The average Bonchev–Trinajstić information content (AvgIpc) is 3.21. The van der Waals surface area contributed by atoms with Crippen molar-refractivity contribution in [2.24, 2.45) is 9.98 Å². The molecule has 0 radical (unpaired) electrons. The molecular formula is C20H20N4O2. The van der Waals surface area contributed by atoms with Gasteiger partial charge in [0.1, 0.15) is 5.71 Å². The van der Waals surface area contributed by atoms with E-state index in [0.29, 0.717) is 18.7 Å². The summed E-state index contributed by atoms with van der Waals surface area (Å²) in [4.78, 5) is 25.5. The molecule has 2 aliphatic heterocycles. The molecule has 6 heteroatoms. The lowest BCUT2D eigenvalue weighted by Gasteiger charge is -2.17. The second kappa shape index (κ2) is 6.14. The molecule has 0 saturated carbocycles. The van der Waals surface area contributed by atoms with Gasteiger partial charge in [-0.2, -0.15) is 0 Å². The fourth-order valence-electron chi connectivity index (χ4n) is 3.18. The summed E-state index contributed by atoms with van der Waals surface area (Å²) in [6.45, 7) is 4.14. The first-order chi connectivity index (χ1) is 12.4. The summed E-state index contributed by atoms with van der Waals surface area (Å²) < 4.78 is 0. The third-order valence-corrected chi connectivity index (χ3v) is 4.48. The maximum atomic E-state index is 12.3. The molecule has 0 spiro atoms. The molecule has 1 amide bonds. The predicted molar refractivity (Wildman–Crippen MR) is 100 cm³/mol. The summed E-state index contributed by atoms with van der Waals surface area (Å²) in [5.74, 6) is -0.230. The Bertz CT molecular complexity index is 940. The number of aliphatic imine (C=N–C) groups is 2. The standard InChI is InChI=1S/C20H20N4O2/c1-20(2,26)11-23-19(25)17-8-13-7-14-10-22-18(12-3-5-21-6-4-12)15(14)9-16(13)24-17/h3-7,9,26H,8,10-11H2,1-2H3,(H,23,25). The number of carbonyl (C=O) groups is 1. The summed E-state index contributed by atoms with van der Waals surface area (Å²) in [6, 6.07) is 8.01. The molecule has 0 aliphatic carbocycles. The number of fused-ring (bicyclic) bond motifs is 2. The lowest BCUT2D eigenvalue weighted by Crippen LogP contribution is -2.41. The molecule has 132 valence electrons. The van der Waals surface area contributed by atoms with Crippen molar-refractivity contribution < 1.29 is 9.90 Å². The van der Waals surface area contributed by atoms with Crippen molar-refractivity contribution in [2.45, 2.75) is 32.4 Å². The third-order valence-electron chi connectivity index (χ3n) is 4.48. The molecule has 6 nitrogen and oxygen atoms in total. The summed E-state index contributed by atoms with van der Waals surface area (Å²) in [6.07, 6.45) is 4.02. The van der Waals surface area contributed by atoms with Crippen molar-refractivity contribution in [3.05, 3.63) is 58.9 Å². The average molecular weight is 348 g/mol. The van der Waals surface area contributed by atoms with Gasteiger partial charge in [-0.25, -0.2) is 4.99 Å². The number of aromatic nitrogens is 1. The van der Waals surface area contributed by atoms with E-state index in [2.05, 4.69) is 26.4 Å². The predicted octanol–water partition coefficient (Wildman–Crippen LogP) is 1.95. The van der Waals surface area contributed by atoms with Crippen molar-refractivity contribution in [1.82, 2.24) is 10.3 Å². The molecule has 4 rings (SSSR count). The molecule has 1 aromatic heterocycles. The highest BCUT2D eigenvalue weighted by Crippen LogP contribution is 2.34. The molecule has 0 unspecified atom stereocenters. The van der Waals surface area contributed by atoms with Gasteiger partial charge in [-0.3, -0.25) is 14.8 Å². The Labute approximate surface area is 151 Å². The van der Waals surface area contributed by atoms with Gasteiger partial charge in [0, 0.05) is 36.5 Å². The van der Waals surface area contributed by atoms with Gasteiger partial charge >= 0.3 is 0 Å². The van der Waals surface area contributed by atoms with Crippen LogP contribution >= 0.6 is 0 Å². The van der Waals surface area contributed by atoms with Crippen LogP contribution in [0.2, 0.25) is 0 Å². The first kappa shape index (κ1) is 16.6. The van der Waals surface area contributed by atoms with E-state index in [1.165, 1.54) is 0 Å². The van der Waals surface area contributed by atoms with Crippen LogP contribution in [-0.2, 0) is 17.8 Å². The monoisotopic (exact) mass is 348 g/mol. The zero-order valence-corrected chi connectivity index (χ0v) is 14.8. The van der Waals surface area contributed by atoms with Crippen LogP contribution in [0.15, 0.2) is 46.6 Å². The lowest BCUT2D eigenvalue weighted by atomic mass is 9.97. The molecule has 2 aliphatic rings. The smallest absolute Gasteiger partial charge is 0.266 e. The maximum absolute atomic E-state index is 12.3. The molecular weight excluding hydrogens is 328 g/mol. The molecule has 2 aromatic rings. The number of hydrogen-bond acceptors (Lipinski definition) is 5. The Hall–Kier alpha value is -2.86. The van der Waals surface area contributed by atoms with E-state index in [4.69, 9.17) is 0 Å². The van der Waals surface area contributed by atoms with E-state index >= 15 is 0 Å². The fourth-order valence-corrected chi connectivity index (χ4v) is 3.18. The van der Waals surface area contributed by atoms with Crippen LogP contribution in [0.5, 0.6) is 0 Å². The van der Waals surface area contributed by atoms with E-state index in [9.17, 15) is 9.90 Å². The molecule has 0 fully saturated rings. The van der Waals surface area contributed by atoms with Gasteiger partial charge < -0.3 is 10.4 Å². The van der Waals surface area contributed by atoms with Gasteiger partial charge in [-0.1, -0.05) is 6.07 Å². The van der Waals surface area contributed by atoms with Crippen molar-refractivity contribution in [3.8, 4) is 0 Å². The molecule has 1 aromatic carbocycles. The SMILES string of the molecule is CC(C)(O)CNC(=O)C1=Nc2cc3c(cc2C1)CN=C3c1ccncc1. The first-order valence-electron chi connectivity index (χ1n) is 8.60. The number of carbonyl (C=O) groups excluding carboxylic acids is 1. The zero-order valence-electron chi connectivity index (χ0n) is 14.8. The topological polar surface area (TPSA) is 86.9 Å². The summed E-state index contributed by atoms with van der Waals surface area (Å²) >= 11 is 0. The summed E-state index contributed by atoms with van der Waals surface area (Å²) in [5.41, 5.74) is 5.60. The van der Waals surface area contributed by atoms with Gasteiger partial charge in [0.25, 0.3) is 5.91 Å². The highest BCUT2D eigenvalue weighted by molar-refractivity contribution is 6.41. The molecule has 2 N–H and O–H groups in total. The van der Waals surface area contributed by atoms with Gasteiger partial charge in [0.15, 0.2) is 0 Å². The van der Waals surface area contributed by atoms with Crippen molar-refractivity contribution in [2.75, 3.05) is 6.54 Å². The quantitative estimate of drug-likeness (QED) is 0.885. The van der Waals surface area contributed by atoms with Crippen LogP contribution < -0.4 is 5.32 Å². The molecule has 0 saturated heterocycles. The Morgan fingerprint density at radius 3 is 2.73 bits per heavy atom. The third kappa shape index (κ3) is 3.15. The number of rotatable bonds is 4. The second-order valence-corrected chi connectivity index (χ2v) is 7.27. The maximum Gasteiger partial charge on any atom is 0.266 e. The molecule has 0 bridgehead atoms. The number of benzene rings is 1. The van der Waals surface area contributed by atoms with Crippen LogP contribution in [0.25, 0.3) is 0 Å². The Morgan fingerprint density at radius 1 is 1.23 bits per heavy atom. The largest absolute Gasteiger partial charge is 0.389 e. The van der Waals surface area contributed by atoms with E-state index in [-0.39, 0.29) is 12.5 Å². The molecule has 0 atom stereocenters. The molecule has 26 heavy (non-hydrogen) atoms. The van der Waals surface area contributed by atoms with Gasteiger partial charge in [0.05, 0.1) is 23.5 Å². The summed E-state index contributed by atoms with van der Waals surface area (Å²) in [5, 5.41) is 12.5. The normalized spacial score (nSPS) is 15.2. The second-order valence-electron chi connectivity index (χ2n) is 7.27. The minimum absolute atomic E-state index is 0.191. The summed E-state index contributed by atoms with van der Waals surface area (Å²) in [7, 11) is 0. The Balaban J connectivity index is 1.58. The fraction of sp³-hybridized carbons (Fsp3) is 0.300. The zero-order chi connectivity index (χ0) is 18.3. The van der Waals surface area contributed by atoms with Crippen molar-refractivity contribution >= 4 is 23.0 Å². The van der Waals surface area contributed by atoms with Crippen LogP contribution in [0, 0.1) is 0 Å². The Kier molecular flexibility index (Phi) is 3.92. The number of aliphatic hydroxyl groups is 1. The van der Waals surface area contributed by atoms with E-state index in [1.807, 2.05) is 18.2 Å². The Morgan fingerprint density at radius 2 is 2.00 bits per heavy atom. The van der Waals surface area contributed by atoms with E-state index in [0.717, 1.165) is 33.7 Å². The van der Waals surface area contributed by atoms with Crippen LogP contribution in [0.3, 0.4) is 0 Å². The van der Waals surface area contributed by atoms with Gasteiger partial charge in [-0.05, 0) is 43.2 Å². The number of pyridine rings is 1. The van der Waals surface area contributed by atoms with E-state index < -0.39 is 5.60 Å². The first-order valence-corrected chi connectivity index (χ1v) is 8.60. The highest BCUT2D eigenvalue weighted by Gasteiger charge is 2.26. The van der Waals surface area contributed by atoms with Crippen LogP contribution in [0.1, 0.15) is 36.1 Å². The van der Waals surface area contributed by atoms with Crippen LogP contribution in [-0.4, -0.2) is 39.6 Å². The number of nitrogens with zero attached hydrogens (tertiary/aromatic N) is 3. The lowest BCUT2D eigenvalue weighted by molar-refractivity contribution is -0.115. The molecule has 3 heterocycles. The highest BCUT2D eigenvalue weighted by atomic mass is 16.3.